The second-order valence-electron chi connectivity index (χ2n) is 7.64. The van der Waals surface area contributed by atoms with E-state index in [2.05, 4.69) is 9.88 Å². The third kappa shape index (κ3) is 4.54. The first-order valence-corrected chi connectivity index (χ1v) is 10.3. The summed E-state index contributed by atoms with van der Waals surface area (Å²) >= 11 is 0. The Hall–Kier alpha value is -3.12. The zero-order valence-electron chi connectivity index (χ0n) is 17.1. The summed E-state index contributed by atoms with van der Waals surface area (Å²) in [5, 5.41) is 9.26. The molecule has 1 atom stereocenters. The maximum absolute atomic E-state index is 11.3. The molecule has 0 saturated carbocycles. The minimum atomic E-state index is -0.902. The normalized spacial score (nSPS) is 17.0. The Morgan fingerprint density at radius 2 is 2.10 bits per heavy atom. The van der Waals surface area contributed by atoms with Crippen LogP contribution in [0.1, 0.15) is 58.4 Å². The molecule has 1 N–H and O–H groups in total. The van der Waals surface area contributed by atoms with Gasteiger partial charge in [-0.1, -0.05) is 36.8 Å². The Labute approximate surface area is 176 Å². The van der Waals surface area contributed by atoms with Crippen molar-refractivity contribution in [3.8, 4) is 5.75 Å². The average Bonchev–Trinajstić information content (AvgIpc) is 3.23. The SMILES string of the molecule is COc1ccccc1Cc1cnc([C@H]2CCCCN2Cc2cccc(C(=O)O)c2)o1. The molecule has 0 amide bonds. The van der Waals surface area contributed by atoms with Gasteiger partial charge in [0.2, 0.25) is 5.89 Å². The van der Waals surface area contributed by atoms with Crippen molar-refractivity contribution in [2.75, 3.05) is 13.7 Å². The lowest BCUT2D eigenvalue weighted by Crippen LogP contribution is -2.33. The van der Waals surface area contributed by atoms with Crippen LogP contribution >= 0.6 is 0 Å². The number of aromatic nitrogens is 1. The fourth-order valence-electron chi connectivity index (χ4n) is 4.09. The van der Waals surface area contributed by atoms with Crippen molar-refractivity contribution in [3.63, 3.8) is 0 Å². The topological polar surface area (TPSA) is 75.8 Å². The van der Waals surface area contributed by atoms with Crippen molar-refractivity contribution >= 4 is 5.97 Å². The van der Waals surface area contributed by atoms with Gasteiger partial charge in [0.15, 0.2) is 0 Å². The third-order valence-corrected chi connectivity index (χ3v) is 5.59. The zero-order valence-corrected chi connectivity index (χ0v) is 17.1. The van der Waals surface area contributed by atoms with Crippen molar-refractivity contribution in [3.05, 3.63) is 83.1 Å². The molecule has 2 aromatic carbocycles. The summed E-state index contributed by atoms with van der Waals surface area (Å²) in [6, 6.07) is 15.2. The molecule has 0 radical (unpaired) electrons. The molecule has 0 unspecified atom stereocenters. The Morgan fingerprint density at radius 3 is 2.93 bits per heavy atom. The third-order valence-electron chi connectivity index (χ3n) is 5.59. The monoisotopic (exact) mass is 406 g/mol. The molecule has 0 bridgehead atoms. The number of para-hydroxylation sites is 1. The van der Waals surface area contributed by atoms with Crippen LogP contribution in [0.2, 0.25) is 0 Å². The molecule has 1 aliphatic rings. The molecule has 3 aromatic rings. The number of hydrogen-bond acceptors (Lipinski definition) is 5. The number of carboxylic acids is 1. The van der Waals surface area contributed by atoms with E-state index < -0.39 is 5.97 Å². The lowest BCUT2D eigenvalue weighted by atomic mass is 10.0. The van der Waals surface area contributed by atoms with Crippen LogP contribution in [-0.2, 0) is 13.0 Å². The fraction of sp³-hybridized carbons (Fsp3) is 0.333. The van der Waals surface area contributed by atoms with Gasteiger partial charge >= 0.3 is 5.97 Å². The van der Waals surface area contributed by atoms with Crippen LogP contribution in [0.25, 0.3) is 0 Å². The maximum atomic E-state index is 11.3. The first kappa shape index (κ1) is 20.2. The van der Waals surface area contributed by atoms with E-state index in [0.717, 1.165) is 54.3 Å². The van der Waals surface area contributed by atoms with Gasteiger partial charge in [0.25, 0.3) is 0 Å². The van der Waals surface area contributed by atoms with Crippen molar-refractivity contribution in [1.82, 2.24) is 9.88 Å². The van der Waals surface area contributed by atoms with E-state index in [1.165, 1.54) is 0 Å². The van der Waals surface area contributed by atoms with Gasteiger partial charge in [-0.05, 0) is 43.1 Å². The summed E-state index contributed by atoms with van der Waals surface area (Å²) in [5.41, 5.74) is 2.37. The highest BCUT2D eigenvalue weighted by Gasteiger charge is 2.28. The Morgan fingerprint density at radius 1 is 1.23 bits per heavy atom. The van der Waals surface area contributed by atoms with E-state index in [9.17, 15) is 9.90 Å². The van der Waals surface area contributed by atoms with Crippen LogP contribution in [-0.4, -0.2) is 34.6 Å². The molecule has 156 valence electrons. The molecule has 6 nitrogen and oxygen atoms in total. The highest BCUT2D eigenvalue weighted by molar-refractivity contribution is 5.87. The number of rotatable bonds is 7. The maximum Gasteiger partial charge on any atom is 0.335 e. The van der Waals surface area contributed by atoms with E-state index in [0.29, 0.717) is 18.5 Å². The number of oxazole rings is 1. The molecular weight excluding hydrogens is 380 g/mol. The second-order valence-corrected chi connectivity index (χ2v) is 7.64. The summed E-state index contributed by atoms with van der Waals surface area (Å²) < 4.78 is 11.6. The van der Waals surface area contributed by atoms with Gasteiger partial charge < -0.3 is 14.3 Å². The summed E-state index contributed by atoms with van der Waals surface area (Å²) in [4.78, 5) is 18.2. The van der Waals surface area contributed by atoms with Gasteiger partial charge in [-0.3, -0.25) is 4.90 Å². The van der Waals surface area contributed by atoms with Gasteiger partial charge in [-0.15, -0.1) is 0 Å². The number of likely N-dealkylation sites (tertiary alicyclic amines) is 1. The van der Waals surface area contributed by atoms with Gasteiger partial charge in [0.1, 0.15) is 11.5 Å². The summed E-state index contributed by atoms with van der Waals surface area (Å²) in [5.74, 6) is 1.48. The number of methoxy groups -OCH3 is 1. The zero-order chi connectivity index (χ0) is 20.9. The number of benzene rings is 2. The first-order valence-electron chi connectivity index (χ1n) is 10.3. The second kappa shape index (κ2) is 9.13. The van der Waals surface area contributed by atoms with Gasteiger partial charge in [-0.25, -0.2) is 9.78 Å². The van der Waals surface area contributed by atoms with Crippen LogP contribution in [0, 0.1) is 0 Å². The molecular formula is C24H26N2O4. The standard InChI is InChI=1S/C24H26N2O4/c1-29-22-11-3-2-8-18(22)14-20-15-25-23(30-20)21-10-4-5-12-26(21)16-17-7-6-9-19(13-17)24(27)28/h2-3,6-9,11,13,15,21H,4-5,10,12,14,16H2,1H3,(H,27,28)/t21-/m1/s1. The van der Waals surface area contributed by atoms with E-state index >= 15 is 0 Å². The molecule has 1 aliphatic heterocycles. The van der Waals surface area contributed by atoms with Crippen LogP contribution in [0.3, 0.4) is 0 Å². The van der Waals surface area contributed by atoms with Crippen LogP contribution in [0.5, 0.6) is 5.75 Å². The predicted octanol–water partition coefficient (Wildman–Crippen LogP) is 4.70. The molecule has 4 rings (SSSR count). The van der Waals surface area contributed by atoms with Crippen molar-refractivity contribution in [1.29, 1.82) is 0 Å². The van der Waals surface area contributed by atoms with E-state index in [1.54, 1.807) is 31.5 Å². The van der Waals surface area contributed by atoms with Crippen molar-refractivity contribution in [2.45, 2.75) is 38.3 Å². The number of carbonyl (C=O) groups is 1. The Kier molecular flexibility index (Phi) is 6.14. The number of aromatic carboxylic acids is 1. The first-order chi connectivity index (χ1) is 14.6. The molecule has 30 heavy (non-hydrogen) atoms. The van der Waals surface area contributed by atoms with E-state index in [-0.39, 0.29) is 6.04 Å². The van der Waals surface area contributed by atoms with Crippen molar-refractivity contribution in [2.24, 2.45) is 0 Å². The molecule has 1 aromatic heterocycles. The quantitative estimate of drug-likeness (QED) is 0.613. The van der Waals surface area contributed by atoms with Crippen molar-refractivity contribution < 1.29 is 19.1 Å². The van der Waals surface area contributed by atoms with Crippen LogP contribution < -0.4 is 4.74 Å². The fourth-order valence-corrected chi connectivity index (χ4v) is 4.09. The molecule has 0 aliphatic carbocycles. The largest absolute Gasteiger partial charge is 0.496 e. The number of ether oxygens (including phenoxy) is 1. The van der Waals surface area contributed by atoms with E-state index in [1.807, 2.05) is 30.3 Å². The highest BCUT2D eigenvalue weighted by Crippen LogP contribution is 2.32. The summed E-state index contributed by atoms with van der Waals surface area (Å²) in [6.07, 6.45) is 5.65. The molecule has 2 heterocycles. The highest BCUT2D eigenvalue weighted by atomic mass is 16.5. The predicted molar refractivity (Wildman–Crippen MR) is 113 cm³/mol. The number of nitrogens with zero attached hydrogens (tertiary/aromatic N) is 2. The molecule has 6 heteroatoms. The Bertz CT molecular complexity index is 1010. The minimum Gasteiger partial charge on any atom is -0.496 e. The van der Waals surface area contributed by atoms with Crippen LogP contribution in [0.15, 0.2) is 59.1 Å². The molecule has 1 saturated heterocycles. The lowest BCUT2D eigenvalue weighted by Gasteiger charge is -2.33. The van der Waals surface area contributed by atoms with Crippen LogP contribution in [0.4, 0.5) is 0 Å². The number of piperidine rings is 1. The molecule has 0 spiro atoms. The van der Waals surface area contributed by atoms with E-state index in [4.69, 9.17) is 9.15 Å². The summed E-state index contributed by atoms with van der Waals surface area (Å²) in [6.45, 7) is 1.61. The van der Waals surface area contributed by atoms with Gasteiger partial charge in [0.05, 0.1) is 24.9 Å². The smallest absolute Gasteiger partial charge is 0.335 e. The lowest BCUT2D eigenvalue weighted by molar-refractivity contribution is 0.0696. The summed E-state index contributed by atoms with van der Waals surface area (Å²) in [7, 11) is 1.67. The Balaban J connectivity index is 1.51. The molecule has 1 fully saturated rings. The minimum absolute atomic E-state index is 0.0960. The van der Waals surface area contributed by atoms with Gasteiger partial charge in [-0.2, -0.15) is 0 Å². The number of hydrogen-bond donors (Lipinski definition) is 1. The van der Waals surface area contributed by atoms with Gasteiger partial charge in [0, 0.05) is 18.5 Å². The number of carboxylic acid groups (broad SMARTS) is 1. The average molecular weight is 406 g/mol.